The number of nitrogens with zero attached hydrogens (tertiary/aromatic N) is 3. The Morgan fingerprint density at radius 1 is 1.06 bits per heavy atom. The first-order chi connectivity index (χ1) is 15.3. The Morgan fingerprint density at radius 3 is 2.59 bits per heavy atom. The lowest BCUT2D eigenvalue weighted by Crippen LogP contribution is -2.47. The number of likely N-dealkylation sites (tertiary alicyclic amines) is 1. The Bertz CT molecular complexity index is 1150. The maximum atomic E-state index is 13.7. The number of carbonyl (C=O) groups is 1. The summed E-state index contributed by atoms with van der Waals surface area (Å²) in [7, 11) is 0. The van der Waals surface area contributed by atoms with Gasteiger partial charge in [-0.15, -0.1) is 0 Å². The maximum absolute atomic E-state index is 13.7. The molecule has 0 N–H and O–H groups in total. The minimum atomic E-state index is -3.03. The van der Waals surface area contributed by atoms with Crippen molar-refractivity contribution in [3.8, 4) is 0 Å². The van der Waals surface area contributed by atoms with Crippen LogP contribution in [0.3, 0.4) is 0 Å². The van der Waals surface area contributed by atoms with Gasteiger partial charge >= 0.3 is 0 Å². The van der Waals surface area contributed by atoms with E-state index in [-0.39, 0.29) is 23.6 Å². The Hall–Kier alpha value is -2.87. The molecule has 2 spiro atoms. The summed E-state index contributed by atoms with van der Waals surface area (Å²) in [5, 5.41) is 0. The van der Waals surface area contributed by atoms with Crippen molar-refractivity contribution in [3.63, 3.8) is 0 Å². The Balaban J connectivity index is 1.17. The molecule has 4 heterocycles. The molecule has 8 heteroatoms. The van der Waals surface area contributed by atoms with E-state index in [0.717, 1.165) is 25.3 Å². The van der Waals surface area contributed by atoms with Crippen LogP contribution < -0.4 is 0 Å². The second-order valence-electron chi connectivity index (χ2n) is 9.30. The van der Waals surface area contributed by atoms with Crippen LogP contribution in [-0.2, 0) is 45.2 Å². The summed E-state index contributed by atoms with van der Waals surface area (Å²) >= 11 is 0. The monoisotopic (exact) mass is 439 g/mol. The molecule has 1 saturated heterocycles. The normalized spacial score (nSPS) is 25.8. The van der Waals surface area contributed by atoms with Gasteiger partial charge < -0.3 is 14.4 Å². The van der Waals surface area contributed by atoms with Gasteiger partial charge in [0.05, 0.1) is 12.2 Å². The maximum Gasteiger partial charge on any atom is 0.296 e. The van der Waals surface area contributed by atoms with Gasteiger partial charge in [-0.25, -0.2) is 0 Å². The van der Waals surface area contributed by atoms with Crippen LogP contribution in [0.5, 0.6) is 0 Å². The van der Waals surface area contributed by atoms with E-state index in [9.17, 15) is 13.6 Å². The van der Waals surface area contributed by atoms with Crippen molar-refractivity contribution in [1.82, 2.24) is 9.88 Å². The number of hydrogen-bond acceptors (Lipinski definition) is 5. The third kappa shape index (κ3) is 2.88. The largest absolute Gasteiger partial charge is 0.447 e. The third-order valence-electron chi connectivity index (χ3n) is 7.21. The van der Waals surface area contributed by atoms with E-state index in [1.54, 1.807) is 0 Å². The first-order valence-corrected chi connectivity index (χ1v) is 10.9. The molecule has 1 atom stereocenters. The number of pyridine rings is 1. The average molecular weight is 439 g/mol. The van der Waals surface area contributed by atoms with Gasteiger partial charge in [-0.1, -0.05) is 24.3 Å². The van der Waals surface area contributed by atoms with Crippen LogP contribution in [0.2, 0.25) is 0 Å². The quantitative estimate of drug-likeness (QED) is 0.681. The molecule has 1 fully saturated rings. The summed E-state index contributed by atoms with van der Waals surface area (Å²) in [6, 6.07) is 10.0. The van der Waals surface area contributed by atoms with Crippen molar-refractivity contribution in [2.75, 3.05) is 13.1 Å². The lowest BCUT2D eigenvalue weighted by molar-refractivity contribution is -0.130. The number of fused-ring (bicyclic) bond motifs is 3. The van der Waals surface area contributed by atoms with Gasteiger partial charge in [0.25, 0.3) is 17.9 Å². The van der Waals surface area contributed by atoms with Crippen LogP contribution in [0.4, 0.5) is 8.78 Å². The fraction of sp³-hybridized carbons (Fsp3) is 0.458. The van der Waals surface area contributed by atoms with E-state index >= 15 is 0 Å². The van der Waals surface area contributed by atoms with Gasteiger partial charge in [-0.2, -0.15) is 13.8 Å². The second kappa shape index (κ2) is 6.57. The molecule has 1 aromatic heterocycles. The highest BCUT2D eigenvalue weighted by Crippen LogP contribution is 2.45. The van der Waals surface area contributed by atoms with Gasteiger partial charge in [0.2, 0.25) is 5.60 Å². The number of aromatic nitrogens is 1. The molecule has 32 heavy (non-hydrogen) atoms. The van der Waals surface area contributed by atoms with Crippen molar-refractivity contribution in [2.24, 2.45) is 4.99 Å². The van der Waals surface area contributed by atoms with Crippen molar-refractivity contribution in [2.45, 2.75) is 56.3 Å². The molecule has 166 valence electrons. The van der Waals surface area contributed by atoms with Crippen LogP contribution in [0.25, 0.3) is 0 Å². The summed E-state index contributed by atoms with van der Waals surface area (Å²) in [5.74, 6) is -3.38. The minimum Gasteiger partial charge on any atom is -0.447 e. The predicted molar refractivity (Wildman–Crippen MR) is 111 cm³/mol. The third-order valence-corrected chi connectivity index (χ3v) is 7.21. The van der Waals surface area contributed by atoms with Gasteiger partial charge in [-0.05, 0) is 41.2 Å². The summed E-state index contributed by atoms with van der Waals surface area (Å²) in [6.45, 7) is 2.77. The number of aliphatic imine (C=N–C) groups is 1. The summed E-state index contributed by atoms with van der Waals surface area (Å²) in [6.07, 6.45) is 3.53. The molecule has 1 unspecified atom stereocenters. The number of benzene rings is 1. The first-order valence-electron chi connectivity index (χ1n) is 10.9. The molecule has 0 radical (unpaired) electrons. The van der Waals surface area contributed by atoms with Crippen LogP contribution in [0.1, 0.15) is 47.7 Å². The summed E-state index contributed by atoms with van der Waals surface area (Å²) in [4.78, 5) is 23.0. The zero-order valence-electron chi connectivity index (χ0n) is 17.7. The van der Waals surface area contributed by atoms with Gasteiger partial charge in [0, 0.05) is 39.1 Å². The smallest absolute Gasteiger partial charge is 0.296 e. The molecule has 6 rings (SSSR count). The van der Waals surface area contributed by atoms with E-state index in [1.807, 2.05) is 17.0 Å². The average Bonchev–Trinajstić information content (AvgIpc) is 3.42. The van der Waals surface area contributed by atoms with Crippen molar-refractivity contribution < 1.29 is 23.0 Å². The molecule has 4 aliphatic rings. The van der Waals surface area contributed by atoms with Crippen molar-refractivity contribution in [1.29, 1.82) is 0 Å². The van der Waals surface area contributed by atoms with Crippen LogP contribution >= 0.6 is 0 Å². The lowest BCUT2D eigenvalue weighted by Gasteiger charge is -2.39. The van der Waals surface area contributed by atoms with Gasteiger partial charge in [0.15, 0.2) is 0 Å². The molecule has 0 saturated carbocycles. The zero-order valence-corrected chi connectivity index (χ0v) is 17.7. The van der Waals surface area contributed by atoms with Crippen LogP contribution in [0, 0.1) is 0 Å². The number of ether oxygens (including phenoxy) is 2. The highest BCUT2D eigenvalue weighted by Gasteiger charge is 2.53. The van der Waals surface area contributed by atoms with Crippen molar-refractivity contribution in [3.05, 3.63) is 64.5 Å². The molecule has 1 aliphatic carbocycles. The van der Waals surface area contributed by atoms with E-state index < -0.39 is 11.5 Å². The van der Waals surface area contributed by atoms with Crippen LogP contribution in [0.15, 0.2) is 41.5 Å². The predicted octanol–water partition coefficient (Wildman–Crippen LogP) is 3.47. The highest BCUT2D eigenvalue weighted by atomic mass is 19.3. The molecule has 6 nitrogen and oxygen atoms in total. The number of carbonyl (C=O) groups excluding carboxylic acids is 1. The standard InChI is InChI=1S/C24H23F2N3O3/c1-22(25,26)19-10-16-11-24(12-17(16)13-27-19)20(30)28-21(32-24)29-8-6-23(7-9-29)18-5-3-2-4-15(18)14-31-23/h2-5,10,13H,6-9,11-12,14H2,1H3. The number of amidine groups is 1. The fourth-order valence-electron chi connectivity index (χ4n) is 5.41. The number of halogens is 2. The number of amides is 1. The SMILES string of the molecule is CC(F)(F)c1cc2c(cn1)CC1(C2)OC(N2CCC3(CC2)OCc2ccccc23)=NC1=O. The summed E-state index contributed by atoms with van der Waals surface area (Å²) in [5.41, 5.74) is 2.20. The molecule has 2 aromatic rings. The Kier molecular flexibility index (Phi) is 4.06. The number of piperidine rings is 1. The molecule has 0 bridgehead atoms. The summed E-state index contributed by atoms with van der Waals surface area (Å²) < 4.78 is 39.8. The first kappa shape index (κ1) is 19.8. The number of hydrogen-bond donors (Lipinski definition) is 0. The van der Waals surface area contributed by atoms with Gasteiger partial charge in [-0.3, -0.25) is 9.78 Å². The minimum absolute atomic E-state index is 0.230. The fourth-order valence-corrected chi connectivity index (χ4v) is 5.41. The topological polar surface area (TPSA) is 64.0 Å². The van der Waals surface area contributed by atoms with E-state index in [0.29, 0.717) is 37.7 Å². The molecular weight excluding hydrogens is 416 g/mol. The molecular formula is C24H23F2N3O3. The Labute approximate surface area is 184 Å². The molecule has 1 amide bonds. The lowest BCUT2D eigenvalue weighted by atomic mass is 9.84. The second-order valence-corrected chi connectivity index (χ2v) is 9.30. The van der Waals surface area contributed by atoms with Crippen LogP contribution in [-0.4, -0.2) is 40.5 Å². The molecule has 1 aromatic carbocycles. The molecule has 3 aliphatic heterocycles. The van der Waals surface area contributed by atoms with Gasteiger partial charge in [0.1, 0.15) is 5.69 Å². The van der Waals surface area contributed by atoms with E-state index in [4.69, 9.17) is 9.47 Å². The number of rotatable bonds is 1. The number of alkyl halides is 2. The van der Waals surface area contributed by atoms with Crippen molar-refractivity contribution >= 4 is 11.9 Å². The van der Waals surface area contributed by atoms with E-state index in [2.05, 4.69) is 22.1 Å². The zero-order chi connectivity index (χ0) is 22.1. The van der Waals surface area contributed by atoms with E-state index in [1.165, 1.54) is 23.4 Å². The Morgan fingerprint density at radius 2 is 1.81 bits per heavy atom. The highest BCUT2D eigenvalue weighted by molar-refractivity contribution is 6.02.